The van der Waals surface area contributed by atoms with E-state index in [1.165, 1.54) is 0 Å². The van der Waals surface area contributed by atoms with Crippen molar-refractivity contribution in [1.29, 1.82) is 0 Å². The summed E-state index contributed by atoms with van der Waals surface area (Å²) in [6, 6.07) is 0. The van der Waals surface area contributed by atoms with E-state index in [0.717, 1.165) is 6.20 Å². The maximum absolute atomic E-state index is 12.5. The number of anilines is 1. The van der Waals surface area contributed by atoms with E-state index in [2.05, 4.69) is 9.72 Å². The number of hydrogen-bond acceptors (Lipinski definition) is 4. The Morgan fingerprint density at radius 2 is 2.24 bits per heavy atom. The number of halogens is 2. The Labute approximate surface area is 95.6 Å². The SMILES string of the molecule is CCOC(=O)Cc1c[nH]c(N)c(C(F)F)c1=O. The van der Waals surface area contributed by atoms with Gasteiger partial charge in [0.15, 0.2) is 5.43 Å². The van der Waals surface area contributed by atoms with Crippen molar-refractivity contribution < 1.29 is 18.3 Å². The Kier molecular flexibility index (Phi) is 4.19. The summed E-state index contributed by atoms with van der Waals surface area (Å²) in [4.78, 5) is 25.0. The molecule has 0 aliphatic carbocycles. The number of hydrogen-bond donors (Lipinski definition) is 2. The first kappa shape index (κ1) is 13.1. The molecule has 3 N–H and O–H groups in total. The zero-order valence-electron chi connectivity index (χ0n) is 9.13. The lowest BCUT2D eigenvalue weighted by molar-refractivity contribution is -0.142. The average molecular weight is 246 g/mol. The van der Waals surface area contributed by atoms with Crippen molar-refractivity contribution in [2.24, 2.45) is 0 Å². The van der Waals surface area contributed by atoms with E-state index in [9.17, 15) is 18.4 Å². The molecule has 0 unspecified atom stereocenters. The van der Waals surface area contributed by atoms with Gasteiger partial charge in [-0.15, -0.1) is 0 Å². The number of esters is 1. The molecule has 0 saturated heterocycles. The third-order valence-corrected chi connectivity index (χ3v) is 2.09. The van der Waals surface area contributed by atoms with Gasteiger partial charge in [0.05, 0.1) is 13.0 Å². The molecule has 5 nitrogen and oxygen atoms in total. The van der Waals surface area contributed by atoms with Gasteiger partial charge in [-0.3, -0.25) is 9.59 Å². The molecule has 1 heterocycles. The highest BCUT2D eigenvalue weighted by Gasteiger charge is 2.20. The predicted octanol–water partition coefficient (Wildman–Crippen LogP) is 1.00. The summed E-state index contributed by atoms with van der Waals surface area (Å²) in [5, 5.41) is 0. The van der Waals surface area contributed by atoms with Crippen LogP contribution in [0.15, 0.2) is 11.0 Å². The predicted molar refractivity (Wildman–Crippen MR) is 56.8 cm³/mol. The topological polar surface area (TPSA) is 85.2 Å². The van der Waals surface area contributed by atoms with Crippen molar-refractivity contribution in [3.63, 3.8) is 0 Å². The van der Waals surface area contributed by atoms with Crippen LogP contribution in [0.4, 0.5) is 14.6 Å². The standard InChI is InChI=1S/C10H12F2N2O3/c1-2-17-6(15)3-5-4-14-10(13)7(8(5)16)9(11)12/h4,9H,2-3H2,1H3,(H3,13,14,16). The highest BCUT2D eigenvalue weighted by molar-refractivity contribution is 5.72. The fourth-order valence-corrected chi connectivity index (χ4v) is 1.32. The summed E-state index contributed by atoms with van der Waals surface area (Å²) < 4.78 is 29.7. The lowest BCUT2D eigenvalue weighted by atomic mass is 10.1. The molecule has 7 heteroatoms. The molecule has 0 spiro atoms. The molecule has 0 atom stereocenters. The van der Waals surface area contributed by atoms with Gasteiger partial charge in [-0.1, -0.05) is 0 Å². The van der Waals surface area contributed by atoms with Crippen LogP contribution in [0.3, 0.4) is 0 Å². The van der Waals surface area contributed by atoms with E-state index in [4.69, 9.17) is 5.73 Å². The second-order valence-electron chi connectivity index (χ2n) is 3.25. The van der Waals surface area contributed by atoms with Crippen LogP contribution in [0.1, 0.15) is 24.5 Å². The van der Waals surface area contributed by atoms with Crippen LogP contribution in [0, 0.1) is 0 Å². The minimum absolute atomic E-state index is 0.0899. The zero-order chi connectivity index (χ0) is 13.0. The second kappa shape index (κ2) is 5.42. The van der Waals surface area contributed by atoms with Gasteiger partial charge in [0.25, 0.3) is 6.43 Å². The van der Waals surface area contributed by atoms with Crippen LogP contribution in [0.2, 0.25) is 0 Å². The van der Waals surface area contributed by atoms with E-state index < -0.39 is 29.2 Å². The normalized spacial score (nSPS) is 10.6. The number of carbonyl (C=O) groups excluding carboxylic acids is 1. The molecular weight excluding hydrogens is 234 g/mol. The quantitative estimate of drug-likeness (QED) is 0.776. The first-order chi connectivity index (χ1) is 7.97. The lowest BCUT2D eigenvalue weighted by Gasteiger charge is -2.06. The Bertz CT molecular complexity index is 471. The highest BCUT2D eigenvalue weighted by Crippen LogP contribution is 2.19. The molecule has 94 valence electrons. The number of nitrogen functional groups attached to an aromatic ring is 1. The van der Waals surface area contributed by atoms with Gasteiger partial charge in [-0.05, 0) is 6.92 Å². The Morgan fingerprint density at radius 1 is 1.59 bits per heavy atom. The van der Waals surface area contributed by atoms with Crippen molar-refractivity contribution in [3.05, 3.63) is 27.5 Å². The highest BCUT2D eigenvalue weighted by atomic mass is 19.3. The van der Waals surface area contributed by atoms with Gasteiger partial charge in [-0.25, -0.2) is 8.78 Å². The molecular formula is C10H12F2N2O3. The summed E-state index contributed by atoms with van der Waals surface area (Å²) in [6.45, 7) is 1.77. The fraction of sp³-hybridized carbons (Fsp3) is 0.400. The summed E-state index contributed by atoms with van der Waals surface area (Å²) in [7, 11) is 0. The van der Waals surface area contributed by atoms with E-state index in [0.29, 0.717) is 0 Å². The smallest absolute Gasteiger partial charge is 0.310 e. The minimum Gasteiger partial charge on any atom is -0.466 e. The van der Waals surface area contributed by atoms with Gasteiger partial charge in [-0.2, -0.15) is 0 Å². The summed E-state index contributed by atoms with van der Waals surface area (Å²) in [5.74, 6) is -1.04. The summed E-state index contributed by atoms with van der Waals surface area (Å²) in [5.41, 5.74) is 3.40. The van der Waals surface area contributed by atoms with Crippen molar-refractivity contribution in [3.8, 4) is 0 Å². The number of nitrogens with one attached hydrogen (secondary N) is 1. The molecule has 0 radical (unpaired) electrons. The van der Waals surface area contributed by atoms with Gasteiger partial charge < -0.3 is 15.5 Å². The number of aromatic nitrogens is 1. The van der Waals surface area contributed by atoms with Crippen LogP contribution in [0.5, 0.6) is 0 Å². The molecule has 1 aromatic heterocycles. The number of carbonyl (C=O) groups is 1. The van der Waals surface area contributed by atoms with Crippen molar-refractivity contribution in [1.82, 2.24) is 4.98 Å². The first-order valence-electron chi connectivity index (χ1n) is 4.91. The molecule has 1 rings (SSSR count). The number of H-pyrrole nitrogens is 1. The van der Waals surface area contributed by atoms with Crippen LogP contribution >= 0.6 is 0 Å². The van der Waals surface area contributed by atoms with Crippen LogP contribution in [-0.2, 0) is 16.0 Å². The Balaban J connectivity index is 3.07. The third-order valence-electron chi connectivity index (χ3n) is 2.09. The lowest BCUT2D eigenvalue weighted by Crippen LogP contribution is -2.21. The number of nitrogens with two attached hydrogens (primary N) is 1. The van der Waals surface area contributed by atoms with E-state index >= 15 is 0 Å². The van der Waals surface area contributed by atoms with Gasteiger partial charge in [0.1, 0.15) is 11.4 Å². The molecule has 1 aromatic rings. The molecule has 17 heavy (non-hydrogen) atoms. The molecule has 0 fully saturated rings. The van der Waals surface area contributed by atoms with Gasteiger partial charge >= 0.3 is 5.97 Å². The molecule has 0 aliphatic heterocycles. The second-order valence-corrected chi connectivity index (χ2v) is 3.25. The van der Waals surface area contributed by atoms with Crippen molar-refractivity contribution in [2.75, 3.05) is 12.3 Å². The molecule has 0 bridgehead atoms. The van der Waals surface area contributed by atoms with E-state index in [-0.39, 0.29) is 18.6 Å². The fourth-order valence-electron chi connectivity index (χ4n) is 1.32. The van der Waals surface area contributed by atoms with Gasteiger partial charge in [0.2, 0.25) is 0 Å². The van der Waals surface area contributed by atoms with Crippen LogP contribution < -0.4 is 11.2 Å². The van der Waals surface area contributed by atoms with Crippen LogP contribution in [-0.4, -0.2) is 17.6 Å². The number of pyridine rings is 1. The third kappa shape index (κ3) is 3.02. The maximum atomic E-state index is 12.5. The number of ether oxygens (including phenoxy) is 1. The summed E-state index contributed by atoms with van der Waals surface area (Å²) >= 11 is 0. The van der Waals surface area contributed by atoms with Gasteiger partial charge in [0, 0.05) is 11.8 Å². The molecule has 0 amide bonds. The monoisotopic (exact) mass is 246 g/mol. The summed E-state index contributed by atoms with van der Waals surface area (Å²) in [6.07, 6.45) is -2.20. The van der Waals surface area contributed by atoms with E-state index in [1.807, 2.05) is 0 Å². The zero-order valence-corrected chi connectivity index (χ0v) is 9.13. The number of aromatic amines is 1. The first-order valence-corrected chi connectivity index (χ1v) is 4.91. The Hall–Kier alpha value is -1.92. The van der Waals surface area contributed by atoms with Crippen molar-refractivity contribution in [2.45, 2.75) is 19.8 Å². The number of alkyl halides is 2. The molecule has 0 aromatic carbocycles. The number of rotatable bonds is 4. The van der Waals surface area contributed by atoms with Crippen LogP contribution in [0.25, 0.3) is 0 Å². The minimum atomic E-state index is -2.99. The maximum Gasteiger partial charge on any atom is 0.310 e. The van der Waals surface area contributed by atoms with Crippen molar-refractivity contribution >= 4 is 11.8 Å². The molecule has 0 saturated carbocycles. The largest absolute Gasteiger partial charge is 0.466 e. The van der Waals surface area contributed by atoms with E-state index in [1.54, 1.807) is 6.92 Å². The average Bonchev–Trinajstić information content (AvgIpc) is 2.22. The molecule has 0 aliphatic rings. The Morgan fingerprint density at radius 3 is 2.76 bits per heavy atom.